The van der Waals surface area contributed by atoms with Crippen LogP contribution in [0.5, 0.6) is 5.75 Å². The van der Waals surface area contributed by atoms with Crippen LogP contribution in [0.2, 0.25) is 0 Å². The van der Waals surface area contributed by atoms with Gasteiger partial charge in [-0.3, -0.25) is 0 Å². The van der Waals surface area contributed by atoms with E-state index in [4.69, 9.17) is 0 Å². The zero-order chi connectivity index (χ0) is 21.3. The fourth-order valence-electron chi connectivity index (χ4n) is 3.39. The smallest absolute Gasteiger partial charge is 0.123 e. The summed E-state index contributed by atoms with van der Waals surface area (Å²) in [6.07, 6.45) is 0. The second kappa shape index (κ2) is 8.17. The molecule has 1 atom stereocenters. The van der Waals surface area contributed by atoms with E-state index in [2.05, 4.69) is 104 Å². The van der Waals surface area contributed by atoms with Gasteiger partial charge in [0.1, 0.15) is 5.75 Å². The SMILES string of the molecule is Cc1cc(C(C)(C)C)c(O)c(C(C)(C)Pc2ccccc2CNC(C)(C)C)c1. The molecule has 0 heterocycles. The number of phenolic OH excluding ortho intramolecular Hbond substituents is 1. The van der Waals surface area contributed by atoms with Crippen molar-refractivity contribution in [3.8, 4) is 5.75 Å². The van der Waals surface area contributed by atoms with Gasteiger partial charge in [0.15, 0.2) is 0 Å². The van der Waals surface area contributed by atoms with Gasteiger partial charge in [-0.25, -0.2) is 0 Å². The molecule has 2 N–H and O–H groups in total. The summed E-state index contributed by atoms with van der Waals surface area (Å²) in [6, 6.07) is 13.0. The number of hydrogen-bond donors (Lipinski definition) is 2. The Morgan fingerprint density at radius 3 is 2.04 bits per heavy atom. The van der Waals surface area contributed by atoms with E-state index in [0.717, 1.165) is 17.7 Å². The first-order valence-corrected chi connectivity index (χ1v) is 11.2. The van der Waals surface area contributed by atoms with Crippen LogP contribution in [0, 0.1) is 6.92 Å². The van der Waals surface area contributed by atoms with Crippen molar-refractivity contribution in [2.24, 2.45) is 0 Å². The van der Waals surface area contributed by atoms with Gasteiger partial charge >= 0.3 is 0 Å². The lowest BCUT2D eigenvalue weighted by molar-refractivity contribution is 0.425. The zero-order valence-corrected chi connectivity index (χ0v) is 20.1. The molecule has 0 amide bonds. The number of aryl methyl sites for hydroxylation is 1. The molecule has 0 aliphatic heterocycles. The Bertz CT molecular complexity index is 825. The fraction of sp³-hybridized carbons (Fsp3) is 0.520. The Hall–Kier alpha value is -1.37. The van der Waals surface area contributed by atoms with Crippen LogP contribution >= 0.6 is 8.58 Å². The number of benzene rings is 2. The Morgan fingerprint density at radius 2 is 1.46 bits per heavy atom. The van der Waals surface area contributed by atoms with E-state index in [1.165, 1.54) is 16.4 Å². The minimum atomic E-state index is -0.145. The molecule has 0 aliphatic rings. The number of nitrogens with one attached hydrogen (secondary N) is 1. The summed E-state index contributed by atoms with van der Waals surface area (Å²) in [7, 11) is 0.573. The normalized spacial score (nSPS) is 13.5. The van der Waals surface area contributed by atoms with Crippen molar-refractivity contribution in [2.75, 3.05) is 0 Å². The van der Waals surface area contributed by atoms with E-state index in [-0.39, 0.29) is 16.1 Å². The van der Waals surface area contributed by atoms with Gasteiger partial charge in [0.2, 0.25) is 0 Å². The van der Waals surface area contributed by atoms with E-state index >= 15 is 0 Å². The summed E-state index contributed by atoms with van der Waals surface area (Å²) in [5.74, 6) is 0.459. The average Bonchev–Trinajstić information content (AvgIpc) is 2.53. The number of phenols is 1. The van der Waals surface area contributed by atoms with Crippen LogP contribution in [0.1, 0.15) is 77.6 Å². The van der Waals surface area contributed by atoms with E-state index in [0.29, 0.717) is 14.3 Å². The highest BCUT2D eigenvalue weighted by Gasteiger charge is 2.30. The lowest BCUT2D eigenvalue weighted by atomic mass is 9.82. The van der Waals surface area contributed by atoms with Crippen LogP contribution in [-0.2, 0) is 17.1 Å². The predicted molar refractivity (Wildman–Crippen MR) is 126 cm³/mol. The number of aromatic hydroxyl groups is 1. The minimum Gasteiger partial charge on any atom is -0.507 e. The third-order valence-electron chi connectivity index (χ3n) is 5.01. The monoisotopic (exact) mass is 399 g/mol. The van der Waals surface area contributed by atoms with Crippen LogP contribution < -0.4 is 10.6 Å². The maximum atomic E-state index is 11.1. The van der Waals surface area contributed by atoms with Crippen molar-refractivity contribution in [2.45, 2.75) is 85.0 Å². The zero-order valence-electron chi connectivity index (χ0n) is 19.1. The molecule has 2 aromatic rings. The van der Waals surface area contributed by atoms with Crippen molar-refractivity contribution in [3.63, 3.8) is 0 Å². The molecule has 0 radical (unpaired) electrons. The predicted octanol–water partition coefficient (Wildman–Crippen LogP) is 6.13. The molecule has 154 valence electrons. The van der Waals surface area contributed by atoms with E-state index in [1.807, 2.05) is 0 Å². The van der Waals surface area contributed by atoms with Crippen LogP contribution in [0.25, 0.3) is 0 Å². The van der Waals surface area contributed by atoms with Crippen molar-refractivity contribution in [1.29, 1.82) is 0 Å². The Kier molecular flexibility index (Phi) is 6.68. The molecule has 28 heavy (non-hydrogen) atoms. The topological polar surface area (TPSA) is 32.3 Å². The maximum Gasteiger partial charge on any atom is 0.123 e. The molecule has 3 heteroatoms. The largest absolute Gasteiger partial charge is 0.507 e. The van der Waals surface area contributed by atoms with Gasteiger partial charge in [-0.15, -0.1) is 0 Å². The van der Waals surface area contributed by atoms with Gasteiger partial charge in [-0.05, 0) is 49.5 Å². The Morgan fingerprint density at radius 1 is 0.893 bits per heavy atom. The minimum absolute atomic E-state index is 0.0847. The maximum absolute atomic E-state index is 11.1. The lowest BCUT2D eigenvalue weighted by Gasteiger charge is -2.31. The molecular weight excluding hydrogens is 361 g/mol. The van der Waals surface area contributed by atoms with Crippen molar-refractivity contribution >= 4 is 13.9 Å². The quantitative estimate of drug-likeness (QED) is 0.593. The van der Waals surface area contributed by atoms with Gasteiger partial charge in [-0.2, -0.15) is 0 Å². The number of hydrogen-bond acceptors (Lipinski definition) is 2. The molecule has 0 saturated heterocycles. The third kappa shape index (κ3) is 5.82. The van der Waals surface area contributed by atoms with Crippen LogP contribution in [0.4, 0.5) is 0 Å². The molecule has 1 unspecified atom stereocenters. The molecule has 0 aliphatic carbocycles. The van der Waals surface area contributed by atoms with E-state index in [1.54, 1.807) is 0 Å². The highest BCUT2D eigenvalue weighted by atomic mass is 31.1. The standard InChI is InChI=1S/C25H38NOP/c1-17-14-19(23(2,3)4)22(27)20(15-17)25(8,9)28-21-13-11-10-12-18(21)16-26-24(5,6)7/h10-15,26-28H,16H2,1-9H3. The third-order valence-corrected chi connectivity index (χ3v) is 6.66. The summed E-state index contributed by atoms with van der Waals surface area (Å²) in [5, 5.41) is 16.0. The van der Waals surface area contributed by atoms with Crippen molar-refractivity contribution in [1.82, 2.24) is 5.32 Å². The molecule has 2 aromatic carbocycles. The highest BCUT2D eigenvalue weighted by Crippen LogP contribution is 2.47. The molecule has 0 spiro atoms. The van der Waals surface area contributed by atoms with Crippen LogP contribution in [0.15, 0.2) is 36.4 Å². The average molecular weight is 400 g/mol. The summed E-state index contributed by atoms with van der Waals surface area (Å²) in [6.45, 7) is 20.5. The van der Waals surface area contributed by atoms with Gasteiger partial charge in [0, 0.05) is 22.8 Å². The van der Waals surface area contributed by atoms with Crippen LogP contribution in [-0.4, -0.2) is 10.6 Å². The number of rotatable bonds is 5. The van der Waals surface area contributed by atoms with E-state index < -0.39 is 0 Å². The van der Waals surface area contributed by atoms with Gasteiger partial charge in [0.25, 0.3) is 0 Å². The first-order valence-electron chi connectivity index (χ1n) is 10.2. The van der Waals surface area contributed by atoms with Gasteiger partial charge < -0.3 is 10.4 Å². The molecule has 0 aromatic heterocycles. The van der Waals surface area contributed by atoms with Gasteiger partial charge in [-0.1, -0.05) is 85.2 Å². The molecule has 2 nitrogen and oxygen atoms in total. The first kappa shape index (κ1) is 22.9. The second-order valence-corrected chi connectivity index (χ2v) is 12.5. The van der Waals surface area contributed by atoms with Crippen molar-refractivity contribution < 1.29 is 5.11 Å². The molecule has 0 fully saturated rings. The second-order valence-electron chi connectivity index (χ2n) is 10.5. The Balaban J connectivity index is 2.41. The summed E-state index contributed by atoms with van der Waals surface area (Å²) >= 11 is 0. The van der Waals surface area contributed by atoms with Crippen LogP contribution in [0.3, 0.4) is 0 Å². The summed E-state index contributed by atoms with van der Waals surface area (Å²) < 4.78 is 0. The molecule has 2 rings (SSSR count). The molecule has 0 bridgehead atoms. The van der Waals surface area contributed by atoms with Gasteiger partial charge in [0.05, 0.1) is 0 Å². The van der Waals surface area contributed by atoms with Crippen molar-refractivity contribution in [3.05, 3.63) is 58.7 Å². The first-order chi connectivity index (χ1) is 12.7. The molecular formula is C25H38NOP. The Labute approximate surface area is 173 Å². The fourth-order valence-corrected chi connectivity index (χ4v) is 4.90. The van der Waals surface area contributed by atoms with E-state index in [9.17, 15) is 5.11 Å². The summed E-state index contributed by atoms with van der Waals surface area (Å²) in [5.41, 5.74) is 4.63. The summed E-state index contributed by atoms with van der Waals surface area (Å²) in [4.78, 5) is 0. The highest BCUT2D eigenvalue weighted by molar-refractivity contribution is 7.48. The molecule has 0 saturated carbocycles. The lowest BCUT2D eigenvalue weighted by Crippen LogP contribution is -2.36.